The molecule has 0 bridgehead atoms. The van der Waals surface area contributed by atoms with E-state index in [2.05, 4.69) is 15.3 Å². The molecular formula is C21H24N4O. The summed E-state index contributed by atoms with van der Waals surface area (Å²) in [5, 5.41) is 3.19. The first kappa shape index (κ1) is 16.6. The third kappa shape index (κ3) is 3.57. The van der Waals surface area contributed by atoms with Crippen LogP contribution in [0.2, 0.25) is 0 Å². The van der Waals surface area contributed by atoms with Crippen molar-refractivity contribution in [3.63, 3.8) is 0 Å². The van der Waals surface area contributed by atoms with Crippen molar-refractivity contribution in [1.82, 2.24) is 15.3 Å². The van der Waals surface area contributed by atoms with Crippen LogP contribution in [-0.4, -0.2) is 21.9 Å². The number of rotatable bonds is 3. The number of H-pyrrole nitrogens is 1. The number of aromatic amines is 1. The number of carbonyl (C=O) groups is 1. The summed E-state index contributed by atoms with van der Waals surface area (Å²) < 4.78 is 0. The number of amides is 1. The molecule has 134 valence electrons. The number of nitrogens with zero attached hydrogens (tertiary/aromatic N) is 1. The maximum Gasteiger partial charge on any atom is 0.251 e. The lowest BCUT2D eigenvalue weighted by atomic mass is 10.1. The summed E-state index contributed by atoms with van der Waals surface area (Å²) in [7, 11) is 0. The van der Waals surface area contributed by atoms with E-state index in [9.17, 15) is 4.79 Å². The smallest absolute Gasteiger partial charge is 0.251 e. The highest BCUT2D eigenvalue weighted by Gasteiger charge is 2.16. The van der Waals surface area contributed by atoms with E-state index in [1.165, 1.54) is 25.7 Å². The Morgan fingerprint density at radius 2 is 1.77 bits per heavy atom. The number of nitrogens with one attached hydrogen (secondary N) is 2. The molecule has 0 aliphatic heterocycles. The van der Waals surface area contributed by atoms with Crippen LogP contribution < -0.4 is 11.1 Å². The maximum atomic E-state index is 12.5. The minimum absolute atomic E-state index is 0.0147. The highest BCUT2D eigenvalue weighted by molar-refractivity contribution is 5.95. The van der Waals surface area contributed by atoms with Crippen molar-refractivity contribution in [2.45, 2.75) is 44.6 Å². The van der Waals surface area contributed by atoms with Crippen molar-refractivity contribution in [2.75, 3.05) is 5.73 Å². The molecular weight excluding hydrogens is 324 g/mol. The Hall–Kier alpha value is -2.82. The van der Waals surface area contributed by atoms with Crippen LogP contribution in [0.25, 0.3) is 22.4 Å². The topological polar surface area (TPSA) is 83.8 Å². The molecule has 4 rings (SSSR count). The summed E-state index contributed by atoms with van der Waals surface area (Å²) in [5.74, 6) is 0.794. The molecule has 3 aromatic rings. The van der Waals surface area contributed by atoms with Gasteiger partial charge in [0.1, 0.15) is 5.82 Å². The van der Waals surface area contributed by atoms with Crippen LogP contribution in [0, 0.1) is 0 Å². The predicted molar refractivity (Wildman–Crippen MR) is 105 cm³/mol. The second kappa shape index (κ2) is 7.20. The van der Waals surface area contributed by atoms with Gasteiger partial charge in [0.15, 0.2) is 0 Å². The van der Waals surface area contributed by atoms with E-state index in [-0.39, 0.29) is 5.91 Å². The van der Waals surface area contributed by atoms with Gasteiger partial charge >= 0.3 is 0 Å². The van der Waals surface area contributed by atoms with Crippen molar-refractivity contribution in [3.8, 4) is 11.4 Å². The van der Waals surface area contributed by atoms with Gasteiger partial charge in [-0.05, 0) is 43.2 Å². The Kier molecular flexibility index (Phi) is 4.61. The van der Waals surface area contributed by atoms with Crippen LogP contribution in [0.1, 0.15) is 48.9 Å². The Morgan fingerprint density at radius 1 is 1.04 bits per heavy atom. The summed E-state index contributed by atoms with van der Waals surface area (Å²) in [5.41, 5.74) is 9.96. The van der Waals surface area contributed by atoms with E-state index in [4.69, 9.17) is 5.73 Å². The molecule has 0 saturated heterocycles. The molecule has 0 atom stereocenters. The third-order valence-corrected chi connectivity index (χ3v) is 5.12. The number of fused-ring (bicyclic) bond motifs is 1. The lowest BCUT2D eigenvalue weighted by molar-refractivity contribution is 0.0933. The zero-order valence-corrected chi connectivity index (χ0v) is 14.8. The largest absolute Gasteiger partial charge is 0.399 e. The molecule has 5 nitrogen and oxygen atoms in total. The SMILES string of the molecule is Nc1ccc2nc(-c3ccc(C(=O)NC4CCCCCC4)cc3)[nH]c2c1. The minimum atomic E-state index is 0.0147. The minimum Gasteiger partial charge on any atom is -0.399 e. The van der Waals surface area contributed by atoms with Crippen molar-refractivity contribution in [2.24, 2.45) is 0 Å². The van der Waals surface area contributed by atoms with Gasteiger partial charge in [-0.25, -0.2) is 4.98 Å². The zero-order valence-electron chi connectivity index (χ0n) is 14.8. The van der Waals surface area contributed by atoms with Crippen LogP contribution in [0.3, 0.4) is 0 Å². The predicted octanol–water partition coefficient (Wildman–Crippen LogP) is 4.26. The zero-order chi connectivity index (χ0) is 17.9. The van der Waals surface area contributed by atoms with Gasteiger partial charge in [-0.3, -0.25) is 4.79 Å². The number of imidazole rings is 1. The maximum absolute atomic E-state index is 12.5. The van der Waals surface area contributed by atoms with E-state index >= 15 is 0 Å². The fourth-order valence-corrected chi connectivity index (χ4v) is 3.64. The first-order valence-electron chi connectivity index (χ1n) is 9.35. The van der Waals surface area contributed by atoms with Crippen LogP contribution in [0.4, 0.5) is 5.69 Å². The van der Waals surface area contributed by atoms with Gasteiger partial charge in [0.2, 0.25) is 0 Å². The van der Waals surface area contributed by atoms with Crippen molar-refractivity contribution >= 4 is 22.6 Å². The fraction of sp³-hybridized carbons (Fsp3) is 0.333. The molecule has 1 aliphatic rings. The van der Waals surface area contributed by atoms with Crippen LogP contribution in [0.5, 0.6) is 0 Å². The Balaban J connectivity index is 1.49. The number of hydrogen-bond donors (Lipinski definition) is 3. The third-order valence-electron chi connectivity index (χ3n) is 5.12. The molecule has 1 saturated carbocycles. The highest BCUT2D eigenvalue weighted by atomic mass is 16.1. The summed E-state index contributed by atoms with van der Waals surface area (Å²) in [6.45, 7) is 0. The molecule has 5 heteroatoms. The van der Waals surface area contributed by atoms with Gasteiger partial charge in [-0.15, -0.1) is 0 Å². The van der Waals surface area contributed by atoms with Gasteiger partial charge in [0, 0.05) is 22.9 Å². The highest BCUT2D eigenvalue weighted by Crippen LogP contribution is 2.23. The monoisotopic (exact) mass is 348 g/mol. The molecule has 1 aromatic heterocycles. The van der Waals surface area contributed by atoms with Gasteiger partial charge < -0.3 is 16.0 Å². The normalized spacial score (nSPS) is 15.7. The van der Waals surface area contributed by atoms with Crippen LogP contribution in [0.15, 0.2) is 42.5 Å². The van der Waals surface area contributed by atoms with Crippen molar-refractivity contribution in [3.05, 3.63) is 48.0 Å². The van der Waals surface area contributed by atoms with Crippen molar-refractivity contribution in [1.29, 1.82) is 0 Å². The molecule has 0 radical (unpaired) electrons. The average molecular weight is 348 g/mol. The van der Waals surface area contributed by atoms with E-state index in [0.29, 0.717) is 17.3 Å². The Morgan fingerprint density at radius 3 is 2.50 bits per heavy atom. The molecule has 0 spiro atoms. The number of anilines is 1. The van der Waals surface area contributed by atoms with Crippen LogP contribution >= 0.6 is 0 Å². The number of nitrogen functional groups attached to an aromatic ring is 1. The standard InChI is InChI=1S/C21H24N4O/c22-16-11-12-18-19(13-16)25-20(24-18)14-7-9-15(10-8-14)21(26)23-17-5-3-1-2-4-6-17/h7-13,17H,1-6,22H2,(H,23,26)(H,24,25). The quantitative estimate of drug-likeness (QED) is 0.488. The Labute approximate surface area is 153 Å². The molecule has 4 N–H and O–H groups in total. The molecule has 1 amide bonds. The first-order valence-corrected chi connectivity index (χ1v) is 9.35. The van der Waals surface area contributed by atoms with Crippen molar-refractivity contribution < 1.29 is 4.79 Å². The summed E-state index contributed by atoms with van der Waals surface area (Å²) in [6, 6.07) is 13.5. The van der Waals surface area contributed by atoms with Crippen LogP contribution in [-0.2, 0) is 0 Å². The molecule has 1 aliphatic carbocycles. The van der Waals surface area contributed by atoms with Gasteiger partial charge in [-0.1, -0.05) is 37.8 Å². The number of aromatic nitrogens is 2. The second-order valence-corrected chi connectivity index (χ2v) is 7.10. The lowest BCUT2D eigenvalue weighted by Gasteiger charge is -2.16. The van der Waals surface area contributed by atoms with Gasteiger partial charge in [-0.2, -0.15) is 0 Å². The molecule has 1 heterocycles. The molecule has 2 aromatic carbocycles. The number of benzene rings is 2. The van der Waals surface area contributed by atoms with Gasteiger partial charge in [0.05, 0.1) is 11.0 Å². The second-order valence-electron chi connectivity index (χ2n) is 7.10. The molecule has 0 unspecified atom stereocenters. The number of carbonyl (C=O) groups excluding carboxylic acids is 1. The van der Waals surface area contributed by atoms with E-state index in [1.807, 2.05) is 42.5 Å². The number of hydrogen-bond acceptors (Lipinski definition) is 3. The summed E-state index contributed by atoms with van der Waals surface area (Å²) in [6.07, 6.45) is 7.16. The lowest BCUT2D eigenvalue weighted by Crippen LogP contribution is -2.34. The summed E-state index contributed by atoms with van der Waals surface area (Å²) >= 11 is 0. The fourth-order valence-electron chi connectivity index (χ4n) is 3.64. The average Bonchev–Trinajstić information content (AvgIpc) is 2.90. The van der Waals surface area contributed by atoms with Gasteiger partial charge in [0.25, 0.3) is 5.91 Å². The first-order chi connectivity index (χ1) is 12.7. The van der Waals surface area contributed by atoms with E-state index in [0.717, 1.165) is 35.3 Å². The van der Waals surface area contributed by atoms with E-state index < -0.39 is 0 Å². The van der Waals surface area contributed by atoms with E-state index in [1.54, 1.807) is 0 Å². The molecule has 1 fully saturated rings. The Bertz CT molecular complexity index is 905. The summed E-state index contributed by atoms with van der Waals surface area (Å²) in [4.78, 5) is 20.4. The molecule has 26 heavy (non-hydrogen) atoms. The number of nitrogens with two attached hydrogens (primary N) is 1.